The molecule has 1 aliphatic heterocycles. The predicted molar refractivity (Wildman–Crippen MR) is 91.6 cm³/mol. The summed E-state index contributed by atoms with van der Waals surface area (Å²) in [4.78, 5) is 11.1. The van der Waals surface area contributed by atoms with Gasteiger partial charge in [-0.05, 0) is 43.4 Å². The van der Waals surface area contributed by atoms with Gasteiger partial charge in [0.15, 0.2) is 0 Å². The molecule has 1 saturated heterocycles. The summed E-state index contributed by atoms with van der Waals surface area (Å²) < 4.78 is 23.6. The summed E-state index contributed by atoms with van der Waals surface area (Å²) in [6, 6.07) is 6.57. The van der Waals surface area contributed by atoms with Crippen LogP contribution in [0.3, 0.4) is 0 Å². The van der Waals surface area contributed by atoms with Gasteiger partial charge in [-0.1, -0.05) is 24.3 Å². The molecule has 1 N–H and O–H groups in total. The van der Waals surface area contributed by atoms with E-state index in [1.54, 1.807) is 0 Å². The summed E-state index contributed by atoms with van der Waals surface area (Å²) in [5.41, 5.74) is 0.797. The maximum atomic E-state index is 13.3. The number of benzene rings is 1. The molecule has 0 radical (unpaired) electrons. The van der Waals surface area contributed by atoms with Gasteiger partial charge in [0, 0.05) is 17.8 Å². The number of aliphatic hydroxyl groups excluding tert-OH is 1. The first-order valence-electron chi connectivity index (χ1n) is 8.84. The minimum Gasteiger partial charge on any atom is -0.469 e. The molecular weight excluding hydrogens is 323 g/mol. The summed E-state index contributed by atoms with van der Waals surface area (Å²) in [6.45, 7) is 0.571. The van der Waals surface area contributed by atoms with Crippen LogP contribution in [0, 0.1) is 11.7 Å². The number of esters is 1. The molecule has 136 valence electrons. The van der Waals surface area contributed by atoms with Crippen LogP contribution < -0.4 is 0 Å². The molecule has 1 aliphatic carbocycles. The van der Waals surface area contributed by atoms with Crippen LogP contribution in [0.25, 0.3) is 0 Å². The Bertz CT molecular complexity index is 627. The topological polar surface area (TPSA) is 55.8 Å². The molecule has 1 aromatic rings. The van der Waals surface area contributed by atoms with Crippen LogP contribution in [-0.4, -0.2) is 37.0 Å². The Labute approximate surface area is 147 Å². The number of halogens is 1. The molecule has 4 atom stereocenters. The van der Waals surface area contributed by atoms with E-state index in [4.69, 9.17) is 4.74 Å². The van der Waals surface area contributed by atoms with Gasteiger partial charge in [-0.15, -0.1) is 0 Å². The Hall–Kier alpha value is -1.72. The van der Waals surface area contributed by atoms with Gasteiger partial charge in [0.2, 0.25) is 0 Å². The molecule has 3 rings (SSSR count). The number of carbonyl (C=O) groups excluding carboxylic acids is 1. The van der Waals surface area contributed by atoms with Crippen LogP contribution in [0.1, 0.15) is 37.7 Å². The zero-order valence-electron chi connectivity index (χ0n) is 14.5. The molecule has 25 heavy (non-hydrogen) atoms. The van der Waals surface area contributed by atoms with E-state index in [1.807, 2.05) is 12.1 Å². The van der Waals surface area contributed by atoms with Crippen molar-refractivity contribution in [1.29, 1.82) is 0 Å². The molecule has 5 heteroatoms. The second-order valence-electron chi connectivity index (χ2n) is 6.99. The third-order valence-electron chi connectivity index (χ3n) is 5.58. The smallest absolute Gasteiger partial charge is 0.305 e. The van der Waals surface area contributed by atoms with Gasteiger partial charge in [0.1, 0.15) is 5.82 Å². The zero-order chi connectivity index (χ0) is 17.9. The van der Waals surface area contributed by atoms with E-state index in [-0.39, 0.29) is 29.2 Å². The average Bonchev–Trinajstić information content (AvgIpc) is 3.17. The van der Waals surface area contributed by atoms with Gasteiger partial charge in [0.25, 0.3) is 0 Å². The summed E-state index contributed by atoms with van der Waals surface area (Å²) in [5.74, 6) is -0.380. The normalized spacial score (nSPS) is 30.9. The van der Waals surface area contributed by atoms with Crippen LogP contribution in [0.5, 0.6) is 0 Å². The lowest BCUT2D eigenvalue weighted by Crippen LogP contribution is -2.42. The van der Waals surface area contributed by atoms with Gasteiger partial charge in [-0.3, -0.25) is 4.79 Å². The van der Waals surface area contributed by atoms with E-state index in [0.717, 1.165) is 31.2 Å². The zero-order valence-corrected chi connectivity index (χ0v) is 14.5. The molecule has 1 saturated carbocycles. The van der Waals surface area contributed by atoms with Crippen molar-refractivity contribution in [1.82, 2.24) is 0 Å². The van der Waals surface area contributed by atoms with Gasteiger partial charge in [0.05, 0.1) is 25.9 Å². The minimum atomic E-state index is -0.501. The number of ether oxygens (including phenoxy) is 2. The highest BCUT2D eigenvalue weighted by Gasteiger charge is 2.58. The van der Waals surface area contributed by atoms with Crippen molar-refractivity contribution >= 4 is 5.97 Å². The molecule has 2 aliphatic rings. The van der Waals surface area contributed by atoms with Gasteiger partial charge < -0.3 is 14.6 Å². The molecule has 4 nitrogen and oxygen atoms in total. The average molecular weight is 348 g/mol. The third-order valence-corrected chi connectivity index (χ3v) is 5.58. The molecule has 1 heterocycles. The fraction of sp³-hybridized carbons (Fsp3) is 0.550. The second kappa shape index (κ2) is 7.67. The molecule has 2 bridgehead atoms. The Balaban J connectivity index is 1.63. The largest absolute Gasteiger partial charge is 0.469 e. The maximum Gasteiger partial charge on any atom is 0.305 e. The minimum absolute atomic E-state index is 0.0635. The van der Waals surface area contributed by atoms with Crippen molar-refractivity contribution in [3.05, 3.63) is 47.8 Å². The number of methoxy groups -OCH3 is 1. The lowest BCUT2D eigenvalue weighted by molar-refractivity contribution is -0.140. The van der Waals surface area contributed by atoms with Gasteiger partial charge >= 0.3 is 5.97 Å². The molecule has 2 fully saturated rings. The van der Waals surface area contributed by atoms with Crippen molar-refractivity contribution < 1.29 is 23.8 Å². The molecule has 0 spiro atoms. The van der Waals surface area contributed by atoms with Crippen molar-refractivity contribution in [2.75, 3.05) is 13.7 Å². The fourth-order valence-electron chi connectivity index (χ4n) is 4.19. The summed E-state index contributed by atoms with van der Waals surface area (Å²) in [5, 5.41) is 10.6. The van der Waals surface area contributed by atoms with E-state index in [9.17, 15) is 14.3 Å². The van der Waals surface area contributed by atoms with Crippen LogP contribution in [0.2, 0.25) is 0 Å². The first-order chi connectivity index (χ1) is 12.1. The highest BCUT2D eigenvalue weighted by molar-refractivity contribution is 5.69. The highest BCUT2D eigenvalue weighted by atomic mass is 19.1. The number of hydrogen-bond donors (Lipinski definition) is 1. The lowest BCUT2D eigenvalue weighted by atomic mass is 9.71. The monoisotopic (exact) mass is 348 g/mol. The second-order valence-corrected chi connectivity index (χ2v) is 6.99. The number of hydrogen-bond acceptors (Lipinski definition) is 4. The van der Waals surface area contributed by atoms with E-state index in [1.165, 1.54) is 19.2 Å². The van der Waals surface area contributed by atoms with Gasteiger partial charge in [-0.25, -0.2) is 4.39 Å². The summed E-state index contributed by atoms with van der Waals surface area (Å²) in [6.07, 6.45) is 7.01. The number of unbranched alkanes of at least 4 members (excludes halogenated alkanes) is 1. The number of aliphatic hydroxyl groups is 1. The summed E-state index contributed by atoms with van der Waals surface area (Å²) in [7, 11) is 1.39. The maximum absolute atomic E-state index is 13.3. The van der Waals surface area contributed by atoms with Crippen LogP contribution in [-0.2, 0) is 19.7 Å². The van der Waals surface area contributed by atoms with Crippen molar-refractivity contribution in [3.8, 4) is 0 Å². The SMILES string of the molecule is COC(=O)CCC/C=C\C[C@H]1[C@H](O)[C@H]2C[C@]1(c1ccc(F)cc1)CO2. The van der Waals surface area contributed by atoms with E-state index in [0.29, 0.717) is 13.0 Å². The Morgan fingerprint density at radius 3 is 2.88 bits per heavy atom. The highest BCUT2D eigenvalue weighted by Crippen LogP contribution is 2.53. The number of fused-ring (bicyclic) bond motifs is 2. The van der Waals surface area contributed by atoms with Crippen LogP contribution in [0.4, 0.5) is 4.39 Å². The Kier molecular flexibility index (Phi) is 5.54. The van der Waals surface area contributed by atoms with Crippen molar-refractivity contribution in [3.63, 3.8) is 0 Å². The predicted octanol–water partition coefficient (Wildman–Crippen LogP) is 3.13. The first-order valence-corrected chi connectivity index (χ1v) is 8.84. The van der Waals surface area contributed by atoms with Crippen molar-refractivity contribution in [2.24, 2.45) is 5.92 Å². The molecule has 0 aromatic heterocycles. The molecular formula is C20H25FO4. The fourth-order valence-corrected chi connectivity index (χ4v) is 4.19. The Morgan fingerprint density at radius 2 is 2.16 bits per heavy atom. The quantitative estimate of drug-likeness (QED) is 0.467. The molecule has 0 unspecified atom stereocenters. The number of carbonyl (C=O) groups is 1. The van der Waals surface area contributed by atoms with E-state index < -0.39 is 6.10 Å². The third kappa shape index (κ3) is 3.62. The summed E-state index contributed by atoms with van der Waals surface area (Å²) >= 11 is 0. The van der Waals surface area contributed by atoms with Crippen LogP contribution >= 0.6 is 0 Å². The number of rotatable bonds is 7. The molecule has 0 amide bonds. The van der Waals surface area contributed by atoms with Crippen LogP contribution in [0.15, 0.2) is 36.4 Å². The van der Waals surface area contributed by atoms with E-state index in [2.05, 4.69) is 16.9 Å². The van der Waals surface area contributed by atoms with E-state index >= 15 is 0 Å². The first kappa shape index (κ1) is 18.1. The number of allylic oxidation sites excluding steroid dienone is 2. The molecule has 1 aromatic carbocycles. The Morgan fingerprint density at radius 1 is 1.40 bits per heavy atom. The van der Waals surface area contributed by atoms with Crippen molar-refractivity contribution in [2.45, 2.75) is 49.7 Å². The lowest BCUT2D eigenvalue weighted by Gasteiger charge is -2.37. The standard InChI is InChI=1S/C20H25FO4/c1-24-18(22)7-5-3-2-4-6-16-19(23)17-12-20(16,13-25-17)14-8-10-15(21)11-9-14/h2,4,8-11,16-17,19,23H,3,5-7,12-13H2,1H3/b4-2-/t16-,17+,19-,20+/m0/s1. The van der Waals surface area contributed by atoms with Gasteiger partial charge in [-0.2, -0.15) is 0 Å².